The van der Waals surface area contributed by atoms with Crippen LogP contribution in [0.2, 0.25) is 0 Å². The minimum absolute atomic E-state index is 0.649. The lowest BCUT2D eigenvalue weighted by Gasteiger charge is -2.15. The minimum Gasteiger partial charge on any atom is -0.378 e. The Morgan fingerprint density at radius 2 is 1.88 bits per heavy atom. The quantitative estimate of drug-likeness (QED) is 0.811. The largest absolute Gasteiger partial charge is 0.378 e. The molecule has 0 amide bonds. The van der Waals surface area contributed by atoms with Gasteiger partial charge in [-0.2, -0.15) is 0 Å². The van der Waals surface area contributed by atoms with E-state index < -0.39 is 0 Å². The number of anilines is 1. The van der Waals surface area contributed by atoms with Gasteiger partial charge in [0.1, 0.15) is 0 Å². The Kier molecular flexibility index (Phi) is 4.06. The lowest BCUT2D eigenvalue weighted by Crippen LogP contribution is -2.25. The molecule has 2 nitrogen and oxygen atoms in total. The summed E-state index contributed by atoms with van der Waals surface area (Å²) in [5, 5.41) is 3.61. The Morgan fingerprint density at radius 1 is 1.24 bits per heavy atom. The van der Waals surface area contributed by atoms with Gasteiger partial charge >= 0.3 is 0 Å². The standard InChI is InChI=1S/C15H24N2/c1-12(10-13-4-5-13)16-11-14-6-8-15(9-7-14)17(2)3/h6-9,12-13,16H,4-5,10-11H2,1-3H3. The minimum atomic E-state index is 0.649. The summed E-state index contributed by atoms with van der Waals surface area (Å²) in [6.07, 6.45) is 4.24. The fourth-order valence-corrected chi connectivity index (χ4v) is 2.14. The van der Waals surface area contributed by atoms with Crippen LogP contribution in [0.15, 0.2) is 24.3 Å². The Morgan fingerprint density at radius 3 is 2.41 bits per heavy atom. The Hall–Kier alpha value is -1.02. The third-order valence-corrected chi connectivity index (χ3v) is 3.49. The molecule has 1 unspecified atom stereocenters. The maximum Gasteiger partial charge on any atom is 0.0361 e. The van der Waals surface area contributed by atoms with Gasteiger partial charge in [0.05, 0.1) is 0 Å². The maximum atomic E-state index is 3.61. The topological polar surface area (TPSA) is 15.3 Å². The maximum absolute atomic E-state index is 3.61. The third-order valence-electron chi connectivity index (χ3n) is 3.49. The van der Waals surface area contributed by atoms with Gasteiger partial charge in [0.15, 0.2) is 0 Å². The molecule has 0 radical (unpaired) electrons. The summed E-state index contributed by atoms with van der Waals surface area (Å²) < 4.78 is 0. The second-order valence-electron chi connectivity index (χ2n) is 5.52. The molecule has 17 heavy (non-hydrogen) atoms. The number of hydrogen-bond acceptors (Lipinski definition) is 2. The van der Waals surface area contributed by atoms with Crippen LogP contribution in [0.3, 0.4) is 0 Å². The molecule has 2 rings (SSSR count). The average Bonchev–Trinajstić information content (AvgIpc) is 3.11. The van der Waals surface area contributed by atoms with Crippen LogP contribution in [-0.4, -0.2) is 20.1 Å². The molecule has 1 aromatic rings. The van der Waals surface area contributed by atoms with E-state index in [0.29, 0.717) is 6.04 Å². The number of nitrogens with zero attached hydrogens (tertiary/aromatic N) is 1. The van der Waals surface area contributed by atoms with Crippen LogP contribution in [0, 0.1) is 5.92 Å². The first-order chi connectivity index (χ1) is 8.15. The van der Waals surface area contributed by atoms with E-state index in [9.17, 15) is 0 Å². The van der Waals surface area contributed by atoms with Crippen LogP contribution in [-0.2, 0) is 6.54 Å². The summed E-state index contributed by atoms with van der Waals surface area (Å²) in [5.74, 6) is 1.01. The normalized spacial score (nSPS) is 16.9. The second kappa shape index (κ2) is 5.54. The molecule has 0 saturated heterocycles. The zero-order chi connectivity index (χ0) is 12.3. The zero-order valence-corrected chi connectivity index (χ0v) is 11.2. The van der Waals surface area contributed by atoms with Gasteiger partial charge in [0, 0.05) is 32.4 Å². The summed E-state index contributed by atoms with van der Waals surface area (Å²) in [6, 6.07) is 9.44. The summed E-state index contributed by atoms with van der Waals surface area (Å²) >= 11 is 0. The Balaban J connectivity index is 1.77. The first-order valence-electron chi connectivity index (χ1n) is 6.65. The van der Waals surface area contributed by atoms with Crippen LogP contribution < -0.4 is 10.2 Å². The van der Waals surface area contributed by atoms with Gasteiger partial charge in [0.2, 0.25) is 0 Å². The molecule has 1 fully saturated rings. The van der Waals surface area contributed by atoms with Crippen LogP contribution in [0.25, 0.3) is 0 Å². The van der Waals surface area contributed by atoms with Crippen molar-refractivity contribution in [1.82, 2.24) is 5.32 Å². The molecule has 1 atom stereocenters. The van der Waals surface area contributed by atoms with Crippen LogP contribution >= 0.6 is 0 Å². The van der Waals surface area contributed by atoms with Crippen molar-refractivity contribution in [1.29, 1.82) is 0 Å². The van der Waals surface area contributed by atoms with E-state index in [1.165, 1.54) is 30.5 Å². The van der Waals surface area contributed by atoms with Crippen LogP contribution in [0.5, 0.6) is 0 Å². The highest BCUT2D eigenvalue weighted by molar-refractivity contribution is 5.45. The lowest BCUT2D eigenvalue weighted by molar-refractivity contribution is 0.487. The van der Waals surface area contributed by atoms with Crippen molar-refractivity contribution in [3.05, 3.63) is 29.8 Å². The van der Waals surface area contributed by atoms with E-state index in [4.69, 9.17) is 0 Å². The van der Waals surface area contributed by atoms with Gasteiger partial charge in [-0.15, -0.1) is 0 Å². The van der Waals surface area contributed by atoms with Crippen molar-refractivity contribution in [2.75, 3.05) is 19.0 Å². The van der Waals surface area contributed by atoms with Crippen LogP contribution in [0.4, 0.5) is 5.69 Å². The summed E-state index contributed by atoms with van der Waals surface area (Å²) in [4.78, 5) is 2.13. The Labute approximate surface area is 105 Å². The summed E-state index contributed by atoms with van der Waals surface area (Å²) in [6.45, 7) is 3.29. The summed E-state index contributed by atoms with van der Waals surface area (Å²) in [5.41, 5.74) is 2.64. The number of benzene rings is 1. The van der Waals surface area contributed by atoms with Crippen LogP contribution in [0.1, 0.15) is 31.7 Å². The summed E-state index contributed by atoms with van der Waals surface area (Å²) in [7, 11) is 4.15. The highest BCUT2D eigenvalue weighted by Gasteiger charge is 2.23. The second-order valence-corrected chi connectivity index (χ2v) is 5.52. The van der Waals surface area contributed by atoms with E-state index in [-0.39, 0.29) is 0 Å². The van der Waals surface area contributed by atoms with E-state index in [1.807, 2.05) is 0 Å². The van der Waals surface area contributed by atoms with Gasteiger partial charge < -0.3 is 10.2 Å². The molecule has 1 aliphatic carbocycles. The molecular weight excluding hydrogens is 208 g/mol. The average molecular weight is 232 g/mol. The van der Waals surface area contributed by atoms with Crippen molar-refractivity contribution in [3.63, 3.8) is 0 Å². The van der Waals surface area contributed by atoms with Gasteiger partial charge in [-0.25, -0.2) is 0 Å². The SMILES string of the molecule is CC(CC1CC1)NCc1ccc(N(C)C)cc1. The first kappa shape index (κ1) is 12.4. The molecule has 1 aromatic carbocycles. The first-order valence-corrected chi connectivity index (χ1v) is 6.65. The van der Waals surface area contributed by atoms with Crippen molar-refractivity contribution in [3.8, 4) is 0 Å². The van der Waals surface area contributed by atoms with Gasteiger partial charge in [-0.1, -0.05) is 25.0 Å². The van der Waals surface area contributed by atoms with E-state index >= 15 is 0 Å². The van der Waals surface area contributed by atoms with Gasteiger partial charge in [-0.3, -0.25) is 0 Å². The van der Waals surface area contributed by atoms with E-state index in [1.54, 1.807) is 0 Å². The van der Waals surface area contributed by atoms with Gasteiger partial charge in [-0.05, 0) is 37.0 Å². The molecule has 0 heterocycles. The number of nitrogens with one attached hydrogen (secondary N) is 1. The van der Waals surface area contributed by atoms with Gasteiger partial charge in [0.25, 0.3) is 0 Å². The van der Waals surface area contributed by atoms with Crippen molar-refractivity contribution >= 4 is 5.69 Å². The molecule has 0 spiro atoms. The lowest BCUT2D eigenvalue weighted by atomic mass is 10.1. The van der Waals surface area contributed by atoms with Crippen molar-refractivity contribution in [2.24, 2.45) is 5.92 Å². The smallest absolute Gasteiger partial charge is 0.0361 e. The fraction of sp³-hybridized carbons (Fsp3) is 0.600. The third kappa shape index (κ3) is 4.04. The van der Waals surface area contributed by atoms with Crippen molar-refractivity contribution in [2.45, 2.75) is 38.8 Å². The predicted octanol–water partition coefficient (Wildman–Crippen LogP) is 3.03. The number of rotatable bonds is 6. The molecule has 1 aliphatic rings. The highest BCUT2D eigenvalue weighted by atomic mass is 15.1. The Bertz CT molecular complexity index is 338. The fourth-order valence-electron chi connectivity index (χ4n) is 2.14. The molecular formula is C15H24N2. The molecule has 1 saturated carbocycles. The van der Waals surface area contributed by atoms with E-state index in [0.717, 1.165) is 12.5 Å². The molecule has 0 aromatic heterocycles. The molecule has 0 bridgehead atoms. The molecule has 1 N–H and O–H groups in total. The highest BCUT2D eigenvalue weighted by Crippen LogP contribution is 2.33. The molecule has 0 aliphatic heterocycles. The number of hydrogen-bond donors (Lipinski definition) is 1. The molecule has 94 valence electrons. The predicted molar refractivity (Wildman–Crippen MR) is 74.4 cm³/mol. The van der Waals surface area contributed by atoms with E-state index in [2.05, 4.69) is 55.5 Å². The van der Waals surface area contributed by atoms with Crippen molar-refractivity contribution < 1.29 is 0 Å². The zero-order valence-electron chi connectivity index (χ0n) is 11.2. The molecule has 2 heteroatoms. The monoisotopic (exact) mass is 232 g/mol.